The minimum Gasteiger partial charge on any atom is -0.222 e. The Balaban J connectivity index is 0.000000338. The third-order valence-electron chi connectivity index (χ3n) is 5.14. The van der Waals surface area contributed by atoms with E-state index >= 15 is 0 Å². The predicted molar refractivity (Wildman–Crippen MR) is 76.8 cm³/mol. The van der Waals surface area contributed by atoms with Crippen LogP contribution in [0.5, 0.6) is 0 Å². The van der Waals surface area contributed by atoms with E-state index < -0.39 is 10.2 Å². The molecule has 3 rings (SSSR count). The number of nitrogens with zero attached hydrogens (tertiary/aromatic N) is 1. The Labute approximate surface area is 138 Å². The normalized spacial score (nSPS) is 25.2. The van der Waals surface area contributed by atoms with Crippen LogP contribution in [-0.2, 0) is 5.41 Å². The quantitative estimate of drug-likeness (QED) is 0.583. The number of hydrogen-bond donors (Lipinski definition) is 0. The molecule has 1 atom stereocenters. The van der Waals surface area contributed by atoms with Gasteiger partial charge in [-0.25, -0.2) is 18.6 Å². The summed E-state index contributed by atoms with van der Waals surface area (Å²) in [7, 11) is -2.75. The van der Waals surface area contributed by atoms with Crippen molar-refractivity contribution in [2.24, 2.45) is 5.41 Å². The van der Waals surface area contributed by atoms with Gasteiger partial charge in [0.1, 0.15) is 7.05 Å². The predicted octanol–water partition coefficient (Wildman–Crippen LogP) is -0.707. The average molecular weight is 340 g/mol. The molecule has 0 N–H and O–H groups in total. The van der Waals surface area contributed by atoms with Gasteiger partial charge in [0.2, 0.25) is 5.69 Å². The van der Waals surface area contributed by atoms with E-state index in [4.69, 9.17) is 18.6 Å². The number of halogens is 1. The van der Waals surface area contributed by atoms with Crippen molar-refractivity contribution in [3.63, 3.8) is 0 Å². The molecule has 1 unspecified atom stereocenters. The zero-order valence-electron chi connectivity index (χ0n) is 14.1. The highest BCUT2D eigenvalue weighted by Crippen LogP contribution is 2.54. The summed E-state index contributed by atoms with van der Waals surface area (Å²) in [5.41, 5.74) is 6.20. The molecule has 23 heavy (non-hydrogen) atoms. The zero-order valence-corrected chi connectivity index (χ0v) is 14.8. The maximum absolute atomic E-state index is 8.49. The molecule has 1 aromatic carbocycles. The van der Waals surface area contributed by atoms with Gasteiger partial charge in [0.15, 0.2) is 5.71 Å². The Morgan fingerprint density at radius 1 is 1.04 bits per heavy atom. The molecular weight excluding hydrogens is 318 g/mol. The van der Waals surface area contributed by atoms with Gasteiger partial charge >= 0.3 is 0 Å². The summed E-state index contributed by atoms with van der Waals surface area (Å²) in [6.07, 6.45) is 3.57. The monoisotopic (exact) mass is 339 g/mol. The lowest BCUT2D eigenvalue weighted by atomic mass is 9.56. The van der Waals surface area contributed by atoms with Crippen molar-refractivity contribution in [3.05, 3.63) is 41.5 Å². The summed E-state index contributed by atoms with van der Waals surface area (Å²) in [5, 5.41) is 0. The summed E-state index contributed by atoms with van der Waals surface area (Å²) in [6, 6.07) is 8.85. The summed E-state index contributed by atoms with van der Waals surface area (Å²) in [4.78, 5) is 0. The number of hydrogen-bond acceptors (Lipinski definition) is 4. The maximum atomic E-state index is 8.49. The molecule has 0 bridgehead atoms. The van der Waals surface area contributed by atoms with Crippen molar-refractivity contribution in [1.29, 1.82) is 0 Å². The fourth-order valence-corrected chi connectivity index (χ4v) is 3.90. The van der Waals surface area contributed by atoms with E-state index in [0.717, 1.165) is 0 Å². The lowest BCUT2D eigenvalue weighted by Gasteiger charge is -2.43. The second kappa shape index (κ2) is 5.69. The van der Waals surface area contributed by atoms with Crippen LogP contribution < -0.4 is 18.6 Å². The SMILES string of the molecule is CC1=CC2=[N+](C)c3ccccc3C2(C)C(C)(C)C1.[O-][Cl+3]([O-])([O-])[O-]. The molecule has 0 fully saturated rings. The average Bonchev–Trinajstić information content (AvgIpc) is 2.60. The van der Waals surface area contributed by atoms with E-state index in [1.165, 1.54) is 29.0 Å². The van der Waals surface area contributed by atoms with Gasteiger partial charge in [-0.3, -0.25) is 0 Å². The van der Waals surface area contributed by atoms with Gasteiger partial charge in [0.05, 0.1) is 5.41 Å². The molecule has 0 aromatic heterocycles. The first-order chi connectivity index (χ1) is 10.4. The lowest BCUT2D eigenvalue weighted by molar-refractivity contribution is -2.00. The number of fused-ring (bicyclic) bond motifs is 3. The number of allylic oxidation sites excluding steroid dienone is 2. The van der Waals surface area contributed by atoms with Crippen LogP contribution in [0.1, 0.15) is 39.7 Å². The fraction of sp³-hybridized carbons (Fsp3) is 0.471. The van der Waals surface area contributed by atoms with Crippen LogP contribution in [0.25, 0.3) is 0 Å². The van der Waals surface area contributed by atoms with Crippen molar-refractivity contribution >= 4 is 11.4 Å². The molecule has 0 spiro atoms. The van der Waals surface area contributed by atoms with E-state index in [1.54, 1.807) is 0 Å². The van der Waals surface area contributed by atoms with Crippen molar-refractivity contribution < 1.29 is 33.5 Å². The Hall–Kier alpha value is -1.24. The summed E-state index contributed by atoms with van der Waals surface area (Å²) < 4.78 is 36.3. The smallest absolute Gasteiger partial charge is 0.209 e. The highest BCUT2D eigenvalue weighted by atomic mass is 35.7. The van der Waals surface area contributed by atoms with Crippen LogP contribution in [-0.4, -0.2) is 17.3 Å². The van der Waals surface area contributed by atoms with Crippen molar-refractivity contribution in [2.45, 2.75) is 39.5 Å². The van der Waals surface area contributed by atoms with E-state index in [1.807, 2.05) is 0 Å². The van der Waals surface area contributed by atoms with E-state index in [-0.39, 0.29) is 10.8 Å². The van der Waals surface area contributed by atoms with E-state index in [0.29, 0.717) is 0 Å². The summed E-state index contributed by atoms with van der Waals surface area (Å²) in [5.74, 6) is 0. The molecule has 0 amide bonds. The number of rotatable bonds is 0. The maximum Gasteiger partial charge on any atom is 0.209 e. The van der Waals surface area contributed by atoms with Crippen LogP contribution in [0.2, 0.25) is 0 Å². The first kappa shape index (κ1) is 18.1. The molecule has 5 nitrogen and oxygen atoms in total. The van der Waals surface area contributed by atoms with Crippen LogP contribution in [0.3, 0.4) is 0 Å². The molecule has 1 aliphatic heterocycles. The van der Waals surface area contributed by atoms with E-state index in [9.17, 15) is 0 Å². The van der Waals surface area contributed by atoms with Gasteiger partial charge in [-0.05, 0) is 25.7 Å². The van der Waals surface area contributed by atoms with E-state index in [2.05, 4.69) is 69.7 Å². The van der Waals surface area contributed by atoms with Gasteiger partial charge < -0.3 is 0 Å². The molecule has 6 heteroatoms. The standard InChI is InChI=1S/C17H22N.ClHO4/c1-12-10-15-17(4,16(2,3)11-12)13-8-6-7-9-14(13)18(15)5;2-1(3,4)5/h6-10H,11H2,1-5H3;(H,2,3,4,5)/q+1;/p-1. The van der Waals surface area contributed by atoms with Crippen LogP contribution >= 0.6 is 0 Å². The van der Waals surface area contributed by atoms with Gasteiger partial charge in [-0.2, -0.15) is 4.58 Å². The molecule has 2 aliphatic rings. The third kappa shape index (κ3) is 3.20. The van der Waals surface area contributed by atoms with Crippen LogP contribution in [0.15, 0.2) is 35.9 Å². The van der Waals surface area contributed by atoms with Gasteiger partial charge in [0.25, 0.3) is 0 Å². The second-order valence-corrected chi connectivity index (χ2v) is 7.77. The first-order valence-electron chi connectivity index (χ1n) is 7.37. The Morgan fingerprint density at radius 3 is 2.13 bits per heavy atom. The van der Waals surface area contributed by atoms with Crippen LogP contribution in [0.4, 0.5) is 5.69 Å². The van der Waals surface area contributed by atoms with Gasteiger partial charge in [0, 0.05) is 17.7 Å². The number of benzene rings is 1. The van der Waals surface area contributed by atoms with Gasteiger partial charge in [-0.15, -0.1) is 10.2 Å². The topological polar surface area (TPSA) is 95.2 Å². The molecule has 0 radical (unpaired) electrons. The summed E-state index contributed by atoms with van der Waals surface area (Å²) >= 11 is 0. The van der Waals surface area contributed by atoms with Crippen molar-refractivity contribution in [3.8, 4) is 0 Å². The second-order valence-electron chi connectivity index (χ2n) is 7.02. The molecule has 1 aromatic rings. The Morgan fingerprint density at radius 2 is 1.57 bits per heavy atom. The minimum absolute atomic E-state index is 0.137. The zero-order chi connectivity index (χ0) is 17.6. The first-order valence-corrected chi connectivity index (χ1v) is 8.61. The van der Waals surface area contributed by atoms with Crippen molar-refractivity contribution in [2.75, 3.05) is 7.05 Å². The summed E-state index contributed by atoms with van der Waals surface area (Å²) in [6.45, 7) is 9.47. The highest BCUT2D eigenvalue weighted by Gasteiger charge is 2.57. The Kier molecular flexibility index (Phi) is 4.47. The Bertz CT molecular complexity index is 682. The molecule has 126 valence electrons. The highest BCUT2D eigenvalue weighted by molar-refractivity contribution is 6.05. The minimum atomic E-state index is -4.94. The fourth-order valence-electron chi connectivity index (χ4n) is 3.90. The largest absolute Gasteiger partial charge is 0.222 e. The molecule has 1 aliphatic carbocycles. The van der Waals surface area contributed by atoms with Crippen LogP contribution in [0, 0.1) is 15.7 Å². The number of para-hydroxylation sites is 1. The molecular formula is C17H22ClNO4. The molecule has 1 heterocycles. The van der Waals surface area contributed by atoms with Crippen molar-refractivity contribution in [1.82, 2.24) is 0 Å². The lowest BCUT2D eigenvalue weighted by Crippen LogP contribution is -2.68. The van der Waals surface area contributed by atoms with Gasteiger partial charge in [-0.1, -0.05) is 37.6 Å². The third-order valence-corrected chi connectivity index (χ3v) is 5.14. The molecule has 0 saturated heterocycles. The molecule has 0 saturated carbocycles.